The Bertz CT molecular complexity index is 542. The topological polar surface area (TPSA) is 69.6 Å². The predicted molar refractivity (Wildman–Crippen MR) is 82.9 cm³/mol. The quantitative estimate of drug-likeness (QED) is 0.894. The van der Waals surface area contributed by atoms with Gasteiger partial charge >= 0.3 is 5.97 Å². The molecule has 114 valence electrons. The van der Waals surface area contributed by atoms with E-state index in [1.807, 2.05) is 0 Å². The molecule has 1 unspecified atom stereocenters. The van der Waals surface area contributed by atoms with Gasteiger partial charge in [0.05, 0.1) is 16.9 Å². The molecule has 2 rings (SSSR count). The van der Waals surface area contributed by atoms with Crippen molar-refractivity contribution in [2.24, 2.45) is 5.92 Å². The van der Waals surface area contributed by atoms with Crippen molar-refractivity contribution in [3.05, 3.63) is 23.8 Å². The molecule has 5 heteroatoms. The van der Waals surface area contributed by atoms with Gasteiger partial charge in [-0.25, -0.2) is 4.79 Å². The average molecular weight is 290 g/mol. The SMILES string of the molecule is CCC(=O)Nc1cc(C(=O)O)ccc1N1CCCC(C)C1. The first-order valence-electron chi connectivity index (χ1n) is 7.43. The lowest BCUT2D eigenvalue weighted by Gasteiger charge is -2.34. The molecule has 1 atom stereocenters. The number of rotatable bonds is 4. The van der Waals surface area contributed by atoms with Crippen molar-refractivity contribution < 1.29 is 14.7 Å². The molecule has 0 bridgehead atoms. The third-order valence-electron chi connectivity index (χ3n) is 3.84. The van der Waals surface area contributed by atoms with Gasteiger partial charge in [-0.05, 0) is 37.0 Å². The average Bonchev–Trinajstić information content (AvgIpc) is 2.47. The summed E-state index contributed by atoms with van der Waals surface area (Å²) in [4.78, 5) is 25.0. The minimum atomic E-state index is -0.986. The van der Waals surface area contributed by atoms with Crippen LogP contribution in [0.3, 0.4) is 0 Å². The highest BCUT2D eigenvalue weighted by atomic mass is 16.4. The van der Waals surface area contributed by atoms with Crippen molar-refractivity contribution >= 4 is 23.3 Å². The molecule has 1 aromatic carbocycles. The largest absolute Gasteiger partial charge is 0.478 e. The number of nitrogens with zero attached hydrogens (tertiary/aromatic N) is 1. The zero-order chi connectivity index (χ0) is 15.4. The Morgan fingerprint density at radius 2 is 2.19 bits per heavy atom. The zero-order valence-electron chi connectivity index (χ0n) is 12.6. The minimum absolute atomic E-state index is 0.108. The Kier molecular flexibility index (Phi) is 4.83. The first kappa shape index (κ1) is 15.4. The molecule has 21 heavy (non-hydrogen) atoms. The zero-order valence-corrected chi connectivity index (χ0v) is 12.6. The molecule has 1 heterocycles. The summed E-state index contributed by atoms with van der Waals surface area (Å²) in [6, 6.07) is 4.94. The van der Waals surface area contributed by atoms with E-state index >= 15 is 0 Å². The van der Waals surface area contributed by atoms with Gasteiger partial charge in [0.2, 0.25) is 5.91 Å². The number of carbonyl (C=O) groups is 2. The number of aromatic carboxylic acids is 1. The smallest absolute Gasteiger partial charge is 0.335 e. The molecule has 1 fully saturated rings. The fraction of sp³-hybridized carbons (Fsp3) is 0.500. The number of anilines is 2. The second-order valence-corrected chi connectivity index (χ2v) is 5.63. The number of benzene rings is 1. The summed E-state index contributed by atoms with van der Waals surface area (Å²) in [6.07, 6.45) is 2.69. The molecule has 1 aliphatic rings. The second kappa shape index (κ2) is 6.61. The summed E-state index contributed by atoms with van der Waals surface area (Å²) in [5.74, 6) is -0.489. The maximum Gasteiger partial charge on any atom is 0.335 e. The van der Waals surface area contributed by atoms with E-state index in [4.69, 9.17) is 5.11 Å². The van der Waals surface area contributed by atoms with Gasteiger partial charge in [-0.15, -0.1) is 0 Å². The molecule has 0 saturated carbocycles. The van der Waals surface area contributed by atoms with E-state index in [2.05, 4.69) is 17.1 Å². The second-order valence-electron chi connectivity index (χ2n) is 5.63. The third-order valence-corrected chi connectivity index (χ3v) is 3.84. The predicted octanol–water partition coefficient (Wildman–Crippen LogP) is 2.97. The number of piperidine rings is 1. The molecule has 1 amide bonds. The molecule has 0 aromatic heterocycles. The van der Waals surface area contributed by atoms with E-state index < -0.39 is 5.97 Å². The summed E-state index contributed by atoms with van der Waals surface area (Å²) in [7, 11) is 0. The highest BCUT2D eigenvalue weighted by Crippen LogP contribution is 2.31. The number of hydrogen-bond acceptors (Lipinski definition) is 3. The van der Waals surface area contributed by atoms with Crippen molar-refractivity contribution in [2.45, 2.75) is 33.1 Å². The minimum Gasteiger partial charge on any atom is -0.478 e. The summed E-state index contributed by atoms with van der Waals surface area (Å²) in [6.45, 7) is 5.86. The van der Waals surface area contributed by atoms with Crippen LogP contribution in [0.5, 0.6) is 0 Å². The third kappa shape index (κ3) is 3.74. The Balaban J connectivity index is 2.33. The molecule has 1 aliphatic heterocycles. The number of carbonyl (C=O) groups excluding carboxylic acids is 1. The standard InChI is InChI=1S/C16H22N2O3/c1-3-15(19)17-13-9-12(16(20)21)6-7-14(13)18-8-4-5-11(2)10-18/h6-7,9,11H,3-5,8,10H2,1-2H3,(H,17,19)(H,20,21). The van der Waals surface area contributed by atoms with Crippen LogP contribution < -0.4 is 10.2 Å². The Morgan fingerprint density at radius 3 is 2.81 bits per heavy atom. The highest BCUT2D eigenvalue weighted by Gasteiger charge is 2.20. The van der Waals surface area contributed by atoms with Gasteiger partial charge in [0.25, 0.3) is 0 Å². The van der Waals surface area contributed by atoms with Crippen molar-refractivity contribution in [1.29, 1.82) is 0 Å². The van der Waals surface area contributed by atoms with Crippen LogP contribution in [0.25, 0.3) is 0 Å². The van der Waals surface area contributed by atoms with Crippen LogP contribution in [0.2, 0.25) is 0 Å². The van der Waals surface area contributed by atoms with Gasteiger partial charge in [0.1, 0.15) is 0 Å². The fourth-order valence-electron chi connectivity index (χ4n) is 2.69. The van der Waals surface area contributed by atoms with Crippen LogP contribution in [0.1, 0.15) is 43.5 Å². The molecule has 1 aromatic rings. The number of carboxylic acids is 1. The maximum absolute atomic E-state index is 11.7. The van der Waals surface area contributed by atoms with E-state index in [9.17, 15) is 9.59 Å². The highest BCUT2D eigenvalue weighted by molar-refractivity contribution is 5.97. The number of nitrogens with one attached hydrogen (secondary N) is 1. The normalized spacial score (nSPS) is 18.4. The molecule has 2 N–H and O–H groups in total. The van der Waals surface area contributed by atoms with Crippen LogP contribution >= 0.6 is 0 Å². The monoisotopic (exact) mass is 290 g/mol. The molecule has 0 aliphatic carbocycles. The van der Waals surface area contributed by atoms with Crippen LogP contribution in [0, 0.1) is 5.92 Å². The molecule has 1 saturated heterocycles. The Morgan fingerprint density at radius 1 is 1.43 bits per heavy atom. The van der Waals surface area contributed by atoms with E-state index in [-0.39, 0.29) is 11.5 Å². The Labute approximate surface area is 125 Å². The van der Waals surface area contributed by atoms with E-state index in [1.165, 1.54) is 6.42 Å². The summed E-state index contributed by atoms with van der Waals surface area (Å²) >= 11 is 0. The first-order chi connectivity index (χ1) is 10.0. The molecular weight excluding hydrogens is 268 g/mol. The van der Waals surface area contributed by atoms with Crippen molar-refractivity contribution in [3.8, 4) is 0 Å². The first-order valence-corrected chi connectivity index (χ1v) is 7.43. The van der Waals surface area contributed by atoms with Crippen molar-refractivity contribution in [1.82, 2.24) is 0 Å². The summed E-state index contributed by atoms with van der Waals surface area (Å²) in [5.41, 5.74) is 1.69. The molecule has 5 nitrogen and oxygen atoms in total. The van der Waals surface area contributed by atoms with Gasteiger partial charge in [0.15, 0.2) is 0 Å². The van der Waals surface area contributed by atoms with E-state index in [0.717, 1.165) is 25.2 Å². The van der Waals surface area contributed by atoms with E-state index in [1.54, 1.807) is 25.1 Å². The summed E-state index contributed by atoms with van der Waals surface area (Å²) in [5, 5.41) is 11.9. The van der Waals surface area contributed by atoms with Crippen LogP contribution in [-0.4, -0.2) is 30.1 Å². The van der Waals surface area contributed by atoms with Crippen molar-refractivity contribution in [3.63, 3.8) is 0 Å². The molecule has 0 radical (unpaired) electrons. The van der Waals surface area contributed by atoms with Crippen molar-refractivity contribution in [2.75, 3.05) is 23.3 Å². The van der Waals surface area contributed by atoms with Gasteiger partial charge in [-0.1, -0.05) is 13.8 Å². The maximum atomic E-state index is 11.7. The van der Waals surface area contributed by atoms with Gasteiger partial charge in [0, 0.05) is 19.5 Å². The number of carboxylic acid groups (broad SMARTS) is 1. The lowest BCUT2D eigenvalue weighted by molar-refractivity contribution is -0.115. The number of amides is 1. The molecule has 0 spiro atoms. The van der Waals surface area contributed by atoms with Gasteiger partial charge in [-0.2, -0.15) is 0 Å². The fourth-order valence-corrected chi connectivity index (χ4v) is 2.69. The summed E-state index contributed by atoms with van der Waals surface area (Å²) < 4.78 is 0. The van der Waals surface area contributed by atoms with Gasteiger partial charge < -0.3 is 15.3 Å². The number of hydrogen-bond donors (Lipinski definition) is 2. The van der Waals surface area contributed by atoms with Gasteiger partial charge in [-0.3, -0.25) is 4.79 Å². The lowest BCUT2D eigenvalue weighted by Crippen LogP contribution is -2.35. The van der Waals surface area contributed by atoms with Crippen LogP contribution in [0.15, 0.2) is 18.2 Å². The van der Waals surface area contributed by atoms with Crippen LogP contribution in [0.4, 0.5) is 11.4 Å². The lowest BCUT2D eigenvalue weighted by atomic mass is 9.99. The van der Waals surface area contributed by atoms with Crippen LogP contribution in [-0.2, 0) is 4.79 Å². The molecular formula is C16H22N2O3. The van der Waals surface area contributed by atoms with E-state index in [0.29, 0.717) is 18.0 Å². The Hall–Kier alpha value is -2.04.